The number of rotatable bonds is 7. The molecule has 0 aliphatic carbocycles. The highest BCUT2D eigenvalue weighted by Gasteiger charge is 2.22. The first kappa shape index (κ1) is 11.0. The van der Waals surface area contributed by atoms with E-state index in [1.807, 2.05) is 0 Å². The van der Waals surface area contributed by atoms with Gasteiger partial charge in [-0.05, 0) is 19.4 Å². The van der Waals surface area contributed by atoms with E-state index in [2.05, 4.69) is 19.2 Å². The van der Waals surface area contributed by atoms with Gasteiger partial charge in [0.25, 0.3) is 0 Å². The van der Waals surface area contributed by atoms with Crippen LogP contribution < -0.4 is 5.32 Å². The monoisotopic (exact) mass is 187 g/mol. The Morgan fingerprint density at radius 2 is 2.23 bits per heavy atom. The SMILES string of the molecule is CCCNCC(CC)OC1COC1. The summed E-state index contributed by atoms with van der Waals surface area (Å²) in [5.74, 6) is 0. The van der Waals surface area contributed by atoms with Gasteiger partial charge in [-0.25, -0.2) is 0 Å². The average Bonchev–Trinajstić information content (AvgIpc) is 2.08. The molecular formula is C10H21NO2. The van der Waals surface area contributed by atoms with Crippen LogP contribution in [0.25, 0.3) is 0 Å². The van der Waals surface area contributed by atoms with E-state index in [9.17, 15) is 0 Å². The molecule has 0 spiro atoms. The van der Waals surface area contributed by atoms with Gasteiger partial charge in [-0.2, -0.15) is 0 Å². The Morgan fingerprint density at radius 1 is 1.46 bits per heavy atom. The fourth-order valence-electron chi connectivity index (χ4n) is 1.29. The molecule has 0 bridgehead atoms. The second kappa shape index (κ2) is 6.35. The molecule has 1 fully saturated rings. The fraction of sp³-hybridized carbons (Fsp3) is 1.00. The number of ether oxygens (including phenoxy) is 2. The minimum Gasteiger partial charge on any atom is -0.376 e. The Labute approximate surface area is 80.8 Å². The van der Waals surface area contributed by atoms with E-state index < -0.39 is 0 Å². The van der Waals surface area contributed by atoms with Gasteiger partial charge < -0.3 is 14.8 Å². The van der Waals surface area contributed by atoms with Crippen molar-refractivity contribution in [2.45, 2.75) is 38.9 Å². The molecule has 3 nitrogen and oxygen atoms in total. The van der Waals surface area contributed by atoms with Crippen LogP contribution in [0, 0.1) is 0 Å². The van der Waals surface area contributed by atoms with Gasteiger partial charge in [0.05, 0.1) is 19.3 Å². The minimum atomic E-state index is 0.355. The second-order valence-corrected chi connectivity index (χ2v) is 3.53. The maximum Gasteiger partial charge on any atom is 0.105 e. The van der Waals surface area contributed by atoms with Crippen molar-refractivity contribution in [1.82, 2.24) is 5.32 Å². The number of hydrogen-bond acceptors (Lipinski definition) is 3. The van der Waals surface area contributed by atoms with Crippen molar-refractivity contribution in [3.8, 4) is 0 Å². The van der Waals surface area contributed by atoms with Crippen molar-refractivity contribution in [2.75, 3.05) is 26.3 Å². The van der Waals surface area contributed by atoms with Crippen LogP contribution in [0.1, 0.15) is 26.7 Å². The summed E-state index contributed by atoms with van der Waals surface area (Å²) < 4.78 is 10.9. The summed E-state index contributed by atoms with van der Waals surface area (Å²) in [5, 5.41) is 3.37. The molecule has 0 aromatic carbocycles. The van der Waals surface area contributed by atoms with E-state index in [1.54, 1.807) is 0 Å². The lowest BCUT2D eigenvalue weighted by atomic mass is 10.2. The average molecular weight is 187 g/mol. The van der Waals surface area contributed by atoms with E-state index in [1.165, 1.54) is 6.42 Å². The summed E-state index contributed by atoms with van der Waals surface area (Å²) in [6.07, 6.45) is 2.98. The molecule has 0 radical (unpaired) electrons. The van der Waals surface area contributed by atoms with Gasteiger partial charge in [-0.1, -0.05) is 13.8 Å². The predicted molar refractivity (Wildman–Crippen MR) is 52.9 cm³/mol. The zero-order valence-corrected chi connectivity index (χ0v) is 8.71. The molecule has 1 atom stereocenters. The van der Waals surface area contributed by atoms with Crippen LogP contribution in [0.15, 0.2) is 0 Å². The lowest BCUT2D eigenvalue weighted by molar-refractivity contribution is -0.153. The molecule has 0 amide bonds. The highest BCUT2D eigenvalue weighted by atomic mass is 16.6. The molecule has 1 N–H and O–H groups in total. The quantitative estimate of drug-likeness (QED) is 0.607. The minimum absolute atomic E-state index is 0.355. The van der Waals surface area contributed by atoms with E-state index in [0.717, 1.165) is 32.7 Å². The lowest BCUT2D eigenvalue weighted by Gasteiger charge is -2.30. The van der Waals surface area contributed by atoms with Crippen molar-refractivity contribution in [3.63, 3.8) is 0 Å². The summed E-state index contributed by atoms with van der Waals surface area (Å²) in [7, 11) is 0. The Hall–Kier alpha value is -0.120. The highest BCUT2D eigenvalue weighted by Crippen LogP contribution is 2.10. The molecule has 1 rings (SSSR count). The van der Waals surface area contributed by atoms with E-state index in [4.69, 9.17) is 9.47 Å². The molecule has 3 heteroatoms. The molecule has 1 aliphatic heterocycles. The summed E-state index contributed by atoms with van der Waals surface area (Å²) in [4.78, 5) is 0. The van der Waals surface area contributed by atoms with E-state index in [-0.39, 0.29) is 0 Å². The molecule has 1 heterocycles. The topological polar surface area (TPSA) is 30.5 Å². The zero-order chi connectivity index (χ0) is 9.52. The summed E-state index contributed by atoms with van der Waals surface area (Å²) in [6, 6.07) is 0. The first-order valence-corrected chi connectivity index (χ1v) is 5.30. The molecule has 1 aliphatic rings. The second-order valence-electron chi connectivity index (χ2n) is 3.53. The van der Waals surface area contributed by atoms with Crippen LogP contribution in [-0.4, -0.2) is 38.5 Å². The summed E-state index contributed by atoms with van der Waals surface area (Å²) in [6.45, 7) is 7.96. The molecular weight excluding hydrogens is 166 g/mol. The van der Waals surface area contributed by atoms with Crippen molar-refractivity contribution in [1.29, 1.82) is 0 Å². The molecule has 0 saturated carbocycles. The van der Waals surface area contributed by atoms with Crippen molar-refractivity contribution < 1.29 is 9.47 Å². The van der Waals surface area contributed by atoms with Crippen molar-refractivity contribution in [2.24, 2.45) is 0 Å². The van der Waals surface area contributed by atoms with Gasteiger partial charge in [0.15, 0.2) is 0 Å². The molecule has 0 aromatic heterocycles. The molecule has 0 aromatic rings. The summed E-state index contributed by atoms with van der Waals surface area (Å²) in [5.41, 5.74) is 0. The van der Waals surface area contributed by atoms with Gasteiger partial charge >= 0.3 is 0 Å². The first-order chi connectivity index (χ1) is 6.36. The van der Waals surface area contributed by atoms with Crippen molar-refractivity contribution >= 4 is 0 Å². The maximum absolute atomic E-state index is 5.79. The molecule has 1 saturated heterocycles. The third-order valence-corrected chi connectivity index (χ3v) is 2.25. The van der Waals surface area contributed by atoms with E-state index in [0.29, 0.717) is 12.2 Å². The predicted octanol–water partition coefficient (Wildman–Crippen LogP) is 1.18. The summed E-state index contributed by atoms with van der Waals surface area (Å²) >= 11 is 0. The van der Waals surface area contributed by atoms with Crippen LogP contribution in [0.5, 0.6) is 0 Å². The van der Waals surface area contributed by atoms with Gasteiger partial charge in [-0.15, -0.1) is 0 Å². The van der Waals surface area contributed by atoms with E-state index >= 15 is 0 Å². The maximum atomic E-state index is 5.79. The van der Waals surface area contributed by atoms with Crippen LogP contribution in [0.4, 0.5) is 0 Å². The first-order valence-electron chi connectivity index (χ1n) is 5.30. The van der Waals surface area contributed by atoms with Gasteiger partial charge in [0.2, 0.25) is 0 Å². The molecule has 78 valence electrons. The van der Waals surface area contributed by atoms with Gasteiger partial charge in [-0.3, -0.25) is 0 Å². The van der Waals surface area contributed by atoms with Crippen LogP contribution in [-0.2, 0) is 9.47 Å². The highest BCUT2D eigenvalue weighted by molar-refractivity contribution is 4.69. The van der Waals surface area contributed by atoms with Crippen molar-refractivity contribution in [3.05, 3.63) is 0 Å². The third-order valence-electron chi connectivity index (χ3n) is 2.25. The Kier molecular flexibility index (Phi) is 5.35. The van der Waals surface area contributed by atoms with Gasteiger partial charge in [0.1, 0.15) is 6.10 Å². The van der Waals surface area contributed by atoms with Gasteiger partial charge in [0, 0.05) is 6.54 Å². The third kappa shape index (κ3) is 4.07. The number of hydrogen-bond donors (Lipinski definition) is 1. The van der Waals surface area contributed by atoms with Crippen LogP contribution >= 0.6 is 0 Å². The standard InChI is InChI=1S/C10H21NO2/c1-3-5-11-6-9(4-2)13-10-7-12-8-10/h9-11H,3-8H2,1-2H3. The fourth-order valence-corrected chi connectivity index (χ4v) is 1.29. The normalized spacial score (nSPS) is 19.8. The number of nitrogens with one attached hydrogen (secondary N) is 1. The Bertz CT molecular complexity index is 126. The molecule has 1 unspecified atom stereocenters. The Balaban J connectivity index is 2.03. The lowest BCUT2D eigenvalue weighted by Crippen LogP contribution is -2.42. The van der Waals surface area contributed by atoms with Crippen LogP contribution in [0.2, 0.25) is 0 Å². The van der Waals surface area contributed by atoms with Crippen LogP contribution in [0.3, 0.4) is 0 Å². The Morgan fingerprint density at radius 3 is 2.69 bits per heavy atom. The zero-order valence-electron chi connectivity index (χ0n) is 8.71. The largest absolute Gasteiger partial charge is 0.376 e. The molecule has 13 heavy (non-hydrogen) atoms. The smallest absolute Gasteiger partial charge is 0.105 e.